The number of Topliss-reactive ketones (excluding diaryl/α,β-unsaturated/α-hetero) is 2. The monoisotopic (exact) mass is 570 g/mol. The molecule has 0 saturated carbocycles. The topological polar surface area (TPSA) is 66.5 Å². The van der Waals surface area contributed by atoms with E-state index in [1.807, 2.05) is 64.9 Å². The number of ketones is 2. The number of thiophene rings is 1. The zero-order valence-corrected chi connectivity index (χ0v) is 22.6. The Labute approximate surface area is 238 Å². The van der Waals surface area contributed by atoms with Crippen LogP contribution in [0.3, 0.4) is 0 Å². The molecule has 1 fully saturated rings. The Morgan fingerprint density at radius 3 is 2.51 bits per heavy atom. The maximum Gasteiger partial charge on any atom is 0.238 e. The van der Waals surface area contributed by atoms with Crippen molar-refractivity contribution in [2.45, 2.75) is 17.5 Å². The van der Waals surface area contributed by atoms with Crippen LogP contribution in [0.25, 0.3) is 6.08 Å². The number of carbonyl (C=O) groups excluding carboxylic acids is 3. The van der Waals surface area contributed by atoms with Gasteiger partial charge in [-0.1, -0.05) is 71.8 Å². The molecule has 0 radical (unpaired) electrons. The molecule has 3 aromatic carbocycles. The summed E-state index contributed by atoms with van der Waals surface area (Å²) >= 11 is 14.2. The third-order valence-electron chi connectivity index (χ3n) is 8.05. The van der Waals surface area contributed by atoms with Gasteiger partial charge in [-0.15, -0.1) is 11.3 Å². The third kappa shape index (κ3) is 3.35. The van der Waals surface area contributed by atoms with Crippen molar-refractivity contribution in [2.24, 2.45) is 5.92 Å². The van der Waals surface area contributed by atoms with Crippen LogP contribution >= 0.6 is 34.5 Å². The van der Waals surface area contributed by atoms with E-state index in [2.05, 4.69) is 5.32 Å². The van der Waals surface area contributed by atoms with Crippen molar-refractivity contribution in [3.63, 3.8) is 0 Å². The largest absolute Gasteiger partial charge is 0.352 e. The minimum atomic E-state index is -1.38. The molecule has 1 saturated heterocycles. The molecular formula is C31H20Cl2N2O3S. The molecule has 1 amide bonds. The Kier molecular flexibility index (Phi) is 5.56. The van der Waals surface area contributed by atoms with Crippen molar-refractivity contribution < 1.29 is 14.4 Å². The van der Waals surface area contributed by atoms with Crippen LogP contribution in [-0.2, 0) is 10.2 Å². The van der Waals surface area contributed by atoms with Crippen LogP contribution < -0.4 is 10.2 Å². The van der Waals surface area contributed by atoms with Gasteiger partial charge in [0.05, 0.1) is 21.9 Å². The standard InChI is InChI=1S/C31H20Cl2N2O3S/c32-18-12-13-23-17(16-18)11-14-25-31(20-7-2-4-9-22(20)34-30(31)38)26(28(36)19-6-1-3-8-21(19)33)27(35(23)25)29(37)24-10-5-15-39-24/h1-16,25-27H,(H,34,38)/t25-,26+,27-,31-/m0/s1. The fraction of sp³-hybridized carbons (Fsp3) is 0.129. The van der Waals surface area contributed by atoms with Crippen molar-refractivity contribution in [1.29, 1.82) is 0 Å². The van der Waals surface area contributed by atoms with E-state index in [1.165, 1.54) is 11.3 Å². The van der Waals surface area contributed by atoms with Gasteiger partial charge in [-0.3, -0.25) is 14.4 Å². The maximum atomic E-state index is 14.7. The summed E-state index contributed by atoms with van der Waals surface area (Å²) in [5.74, 6) is -1.94. The van der Waals surface area contributed by atoms with Gasteiger partial charge >= 0.3 is 0 Å². The molecule has 0 aliphatic carbocycles. The normalized spacial score (nSPS) is 24.3. The molecule has 4 atom stereocenters. The molecule has 0 bridgehead atoms. The summed E-state index contributed by atoms with van der Waals surface area (Å²) in [6, 6.07) is 21.7. The molecule has 192 valence electrons. The number of halogens is 2. The van der Waals surface area contributed by atoms with Crippen LogP contribution in [0, 0.1) is 5.92 Å². The van der Waals surface area contributed by atoms with Gasteiger partial charge in [0, 0.05) is 22.0 Å². The second-order valence-electron chi connectivity index (χ2n) is 9.89. The highest BCUT2D eigenvalue weighted by Crippen LogP contribution is 2.58. The predicted molar refractivity (Wildman–Crippen MR) is 155 cm³/mol. The zero-order valence-electron chi connectivity index (χ0n) is 20.3. The average Bonchev–Trinajstić information content (AvgIpc) is 3.65. The van der Waals surface area contributed by atoms with Crippen LogP contribution in [0.4, 0.5) is 11.4 Å². The molecule has 4 aromatic rings. The summed E-state index contributed by atoms with van der Waals surface area (Å²) in [5, 5.41) is 5.69. The van der Waals surface area contributed by atoms with Gasteiger partial charge in [0.15, 0.2) is 11.6 Å². The Bertz CT molecular complexity index is 1720. The van der Waals surface area contributed by atoms with Gasteiger partial charge < -0.3 is 10.2 Å². The lowest BCUT2D eigenvalue weighted by atomic mass is 9.64. The minimum Gasteiger partial charge on any atom is -0.352 e. The molecule has 4 heterocycles. The first-order valence-electron chi connectivity index (χ1n) is 12.5. The lowest BCUT2D eigenvalue weighted by Gasteiger charge is -2.37. The highest BCUT2D eigenvalue weighted by Gasteiger charge is 2.70. The minimum absolute atomic E-state index is 0.217. The Morgan fingerprint density at radius 2 is 1.72 bits per heavy atom. The van der Waals surface area contributed by atoms with Gasteiger partial charge in [-0.2, -0.15) is 0 Å². The first kappa shape index (κ1) is 24.3. The molecule has 5 nitrogen and oxygen atoms in total. The van der Waals surface area contributed by atoms with E-state index in [4.69, 9.17) is 23.2 Å². The summed E-state index contributed by atoms with van der Waals surface area (Å²) in [7, 11) is 0. The van der Waals surface area contributed by atoms with Crippen molar-refractivity contribution in [3.8, 4) is 0 Å². The van der Waals surface area contributed by atoms with E-state index in [-0.39, 0.29) is 28.1 Å². The number of benzene rings is 3. The lowest BCUT2D eigenvalue weighted by molar-refractivity contribution is -0.121. The van der Waals surface area contributed by atoms with E-state index < -0.39 is 23.4 Å². The van der Waals surface area contributed by atoms with Gasteiger partial charge in [0.2, 0.25) is 5.91 Å². The third-order valence-corrected chi connectivity index (χ3v) is 9.50. The van der Waals surface area contributed by atoms with E-state index in [0.717, 1.165) is 11.3 Å². The van der Waals surface area contributed by atoms with Gasteiger partial charge in [-0.05, 0) is 59.0 Å². The van der Waals surface area contributed by atoms with Crippen LogP contribution in [0.5, 0.6) is 0 Å². The molecular weight excluding hydrogens is 551 g/mol. The molecule has 8 heteroatoms. The highest BCUT2D eigenvalue weighted by molar-refractivity contribution is 7.12. The molecule has 3 aliphatic rings. The predicted octanol–water partition coefficient (Wildman–Crippen LogP) is 6.91. The molecule has 7 rings (SSSR count). The van der Waals surface area contributed by atoms with Gasteiger partial charge in [0.25, 0.3) is 0 Å². The summed E-state index contributed by atoms with van der Waals surface area (Å²) in [4.78, 5) is 45.9. The Morgan fingerprint density at radius 1 is 0.923 bits per heavy atom. The van der Waals surface area contributed by atoms with Crippen molar-refractivity contribution >= 4 is 69.5 Å². The Balaban J connectivity index is 1.56. The molecule has 3 aliphatic heterocycles. The summed E-state index contributed by atoms with van der Waals surface area (Å²) in [6.07, 6.45) is 3.85. The second-order valence-corrected chi connectivity index (χ2v) is 11.7. The number of nitrogens with one attached hydrogen (secondary N) is 1. The molecule has 0 unspecified atom stereocenters. The number of nitrogens with zero attached hydrogens (tertiary/aromatic N) is 1. The number of hydrogen-bond acceptors (Lipinski definition) is 5. The SMILES string of the molecule is O=C(c1cccs1)[C@@H]1[C@H](C(=O)c2ccccc2Cl)[C@@]2(C(=O)Nc3ccccc32)[C@@H]2C=Cc3cc(Cl)ccc3N12. The lowest BCUT2D eigenvalue weighted by Crippen LogP contribution is -2.51. The number of anilines is 2. The van der Waals surface area contributed by atoms with Crippen molar-refractivity contribution in [2.75, 3.05) is 10.2 Å². The smallest absolute Gasteiger partial charge is 0.238 e. The zero-order chi connectivity index (χ0) is 26.9. The second kappa shape index (κ2) is 8.91. The maximum absolute atomic E-state index is 14.7. The van der Waals surface area contributed by atoms with Gasteiger partial charge in [0.1, 0.15) is 11.5 Å². The van der Waals surface area contributed by atoms with Crippen molar-refractivity contribution in [3.05, 3.63) is 122 Å². The number of rotatable bonds is 4. The molecule has 1 N–H and O–H groups in total. The number of carbonyl (C=O) groups is 3. The van der Waals surface area contributed by atoms with Crippen LogP contribution in [0.15, 0.2) is 90.3 Å². The fourth-order valence-electron chi connectivity index (χ4n) is 6.54. The first-order valence-corrected chi connectivity index (χ1v) is 14.1. The summed E-state index contributed by atoms with van der Waals surface area (Å²) in [5.41, 5.74) is 1.80. The Hall–Kier alpha value is -3.71. The first-order chi connectivity index (χ1) is 18.9. The van der Waals surface area contributed by atoms with Crippen LogP contribution in [0.1, 0.15) is 31.2 Å². The number of hydrogen-bond donors (Lipinski definition) is 1. The number of amides is 1. The molecule has 1 aromatic heterocycles. The van der Waals surface area contributed by atoms with E-state index in [9.17, 15) is 14.4 Å². The van der Waals surface area contributed by atoms with E-state index >= 15 is 0 Å². The fourth-order valence-corrected chi connectivity index (χ4v) is 7.65. The van der Waals surface area contributed by atoms with Crippen molar-refractivity contribution in [1.82, 2.24) is 0 Å². The number of para-hydroxylation sites is 1. The van der Waals surface area contributed by atoms with Crippen LogP contribution in [0.2, 0.25) is 10.0 Å². The van der Waals surface area contributed by atoms with Gasteiger partial charge in [-0.25, -0.2) is 0 Å². The quantitative estimate of drug-likeness (QED) is 0.271. The van der Waals surface area contributed by atoms with Crippen LogP contribution in [-0.4, -0.2) is 29.6 Å². The average molecular weight is 571 g/mol. The highest BCUT2D eigenvalue weighted by atomic mass is 35.5. The molecule has 39 heavy (non-hydrogen) atoms. The van der Waals surface area contributed by atoms with E-state index in [1.54, 1.807) is 36.4 Å². The molecule has 1 spiro atoms. The van der Waals surface area contributed by atoms with E-state index in [0.29, 0.717) is 21.2 Å². The number of fused-ring (bicyclic) bond motifs is 6. The summed E-state index contributed by atoms with van der Waals surface area (Å²) < 4.78 is 0. The summed E-state index contributed by atoms with van der Waals surface area (Å²) in [6.45, 7) is 0.